The van der Waals surface area contributed by atoms with Crippen LogP contribution in [0.3, 0.4) is 0 Å². The Morgan fingerprint density at radius 1 is 0.950 bits per heavy atom. The highest BCUT2D eigenvalue weighted by atomic mass is 32.2. The Bertz CT molecular complexity index is 597. The third-order valence-corrected chi connectivity index (χ3v) is 6.22. The van der Waals surface area contributed by atoms with E-state index >= 15 is 0 Å². The maximum absolute atomic E-state index is 12.9. The summed E-state index contributed by atoms with van der Waals surface area (Å²) in [7, 11) is -3.36. The summed E-state index contributed by atoms with van der Waals surface area (Å²) in [4.78, 5) is 0.474. The maximum Gasteiger partial charge on any atom is 0.243 e. The van der Waals surface area contributed by atoms with E-state index in [0.717, 1.165) is 23.1 Å². The molecule has 4 heteroatoms. The third kappa shape index (κ3) is 2.91. The van der Waals surface area contributed by atoms with Crippen molar-refractivity contribution in [3.63, 3.8) is 0 Å². The van der Waals surface area contributed by atoms with Crippen molar-refractivity contribution in [1.82, 2.24) is 4.31 Å². The largest absolute Gasteiger partial charge is 0.243 e. The highest BCUT2D eigenvalue weighted by Gasteiger charge is 2.32. The van der Waals surface area contributed by atoms with Crippen LogP contribution in [0.2, 0.25) is 0 Å². The molecule has 1 fully saturated rings. The molecule has 0 radical (unpaired) electrons. The summed E-state index contributed by atoms with van der Waals surface area (Å²) in [6, 6.07) is 3.79. The summed E-state index contributed by atoms with van der Waals surface area (Å²) >= 11 is 0. The predicted molar refractivity (Wildman–Crippen MR) is 82.4 cm³/mol. The van der Waals surface area contributed by atoms with Crippen LogP contribution < -0.4 is 0 Å². The van der Waals surface area contributed by atoms with Gasteiger partial charge >= 0.3 is 0 Å². The molecule has 0 aromatic heterocycles. The monoisotopic (exact) mass is 295 g/mol. The fraction of sp³-hybridized carbons (Fsp3) is 0.625. The molecule has 2 atom stereocenters. The summed E-state index contributed by atoms with van der Waals surface area (Å²) in [5, 5.41) is 0. The van der Waals surface area contributed by atoms with Crippen LogP contribution in [0.4, 0.5) is 0 Å². The average molecular weight is 295 g/mol. The average Bonchev–Trinajstić information content (AvgIpc) is 2.32. The molecule has 1 saturated heterocycles. The summed E-state index contributed by atoms with van der Waals surface area (Å²) in [6.07, 6.45) is 1.11. The minimum Gasteiger partial charge on any atom is -0.207 e. The molecule has 0 spiro atoms. The standard InChI is InChI=1S/C16H25NO2S/c1-11-6-12(2)10-17(9-11)20(18,19)16-8-14(4)13(3)7-15(16)5/h7-8,11-12H,6,9-10H2,1-5H3/t11-,12-/m0/s1. The van der Waals surface area contributed by atoms with Gasteiger partial charge in [-0.2, -0.15) is 4.31 Å². The van der Waals surface area contributed by atoms with Gasteiger partial charge in [-0.05, 0) is 61.8 Å². The normalized spacial score (nSPS) is 24.9. The molecule has 20 heavy (non-hydrogen) atoms. The van der Waals surface area contributed by atoms with Crippen molar-refractivity contribution in [2.24, 2.45) is 11.8 Å². The van der Waals surface area contributed by atoms with E-state index in [4.69, 9.17) is 0 Å². The summed E-state index contributed by atoms with van der Waals surface area (Å²) < 4.78 is 27.4. The zero-order chi connectivity index (χ0) is 15.1. The van der Waals surface area contributed by atoms with Crippen LogP contribution in [0.25, 0.3) is 0 Å². The molecule has 0 N–H and O–H groups in total. The highest BCUT2D eigenvalue weighted by Crippen LogP contribution is 2.29. The smallest absolute Gasteiger partial charge is 0.207 e. The highest BCUT2D eigenvalue weighted by molar-refractivity contribution is 7.89. The van der Waals surface area contributed by atoms with Crippen molar-refractivity contribution in [2.75, 3.05) is 13.1 Å². The molecule has 0 amide bonds. The Labute approximate surface area is 123 Å². The molecule has 1 aliphatic heterocycles. The van der Waals surface area contributed by atoms with Crippen LogP contribution in [0, 0.1) is 32.6 Å². The minimum absolute atomic E-state index is 0.431. The van der Waals surface area contributed by atoms with E-state index < -0.39 is 10.0 Å². The third-order valence-electron chi connectivity index (χ3n) is 4.24. The van der Waals surface area contributed by atoms with Gasteiger partial charge in [0.2, 0.25) is 10.0 Å². The second kappa shape index (κ2) is 5.49. The number of rotatable bonds is 2. The van der Waals surface area contributed by atoms with Gasteiger partial charge in [-0.3, -0.25) is 0 Å². The first kappa shape index (κ1) is 15.5. The Morgan fingerprint density at radius 2 is 1.45 bits per heavy atom. The van der Waals surface area contributed by atoms with Crippen LogP contribution in [-0.4, -0.2) is 25.8 Å². The number of hydrogen-bond acceptors (Lipinski definition) is 2. The Balaban J connectivity index is 2.42. The summed E-state index contributed by atoms with van der Waals surface area (Å²) in [5.41, 5.74) is 3.02. The molecule has 0 unspecified atom stereocenters. The van der Waals surface area contributed by atoms with Crippen LogP contribution >= 0.6 is 0 Å². The van der Waals surface area contributed by atoms with E-state index in [1.54, 1.807) is 4.31 Å². The quantitative estimate of drug-likeness (QED) is 0.839. The SMILES string of the molecule is Cc1cc(C)c(S(=O)(=O)N2C[C@@H](C)C[C@H](C)C2)cc1C. The topological polar surface area (TPSA) is 37.4 Å². The van der Waals surface area contributed by atoms with Crippen LogP contribution in [-0.2, 0) is 10.0 Å². The first-order valence-electron chi connectivity index (χ1n) is 7.29. The Kier molecular flexibility index (Phi) is 4.26. The van der Waals surface area contributed by atoms with E-state index in [2.05, 4.69) is 13.8 Å². The molecule has 3 nitrogen and oxygen atoms in total. The molecular formula is C16H25NO2S. The molecule has 1 aromatic carbocycles. The lowest BCUT2D eigenvalue weighted by atomic mass is 9.94. The minimum atomic E-state index is -3.36. The number of piperidine rings is 1. The van der Waals surface area contributed by atoms with Crippen molar-refractivity contribution in [3.8, 4) is 0 Å². The molecule has 1 aliphatic rings. The second-order valence-corrected chi connectivity index (χ2v) is 8.38. The van der Waals surface area contributed by atoms with Crippen molar-refractivity contribution in [2.45, 2.75) is 45.9 Å². The van der Waals surface area contributed by atoms with Gasteiger partial charge in [0.05, 0.1) is 4.90 Å². The summed E-state index contributed by atoms with van der Waals surface area (Å²) in [5.74, 6) is 0.862. The van der Waals surface area contributed by atoms with Gasteiger partial charge in [0, 0.05) is 13.1 Å². The number of aryl methyl sites for hydroxylation is 3. The first-order chi connectivity index (χ1) is 9.21. The predicted octanol–water partition coefficient (Wildman–Crippen LogP) is 3.28. The lowest BCUT2D eigenvalue weighted by Gasteiger charge is -2.34. The summed E-state index contributed by atoms with van der Waals surface area (Å²) in [6.45, 7) is 11.4. The fourth-order valence-corrected chi connectivity index (χ4v) is 5.12. The van der Waals surface area contributed by atoms with Gasteiger partial charge in [-0.1, -0.05) is 19.9 Å². The number of benzene rings is 1. The Hall–Kier alpha value is -0.870. The Morgan fingerprint density at radius 3 is 2.00 bits per heavy atom. The van der Waals surface area contributed by atoms with E-state index in [-0.39, 0.29) is 0 Å². The molecule has 1 heterocycles. The van der Waals surface area contributed by atoms with Crippen LogP contribution in [0.5, 0.6) is 0 Å². The van der Waals surface area contributed by atoms with Crippen LogP contribution in [0.1, 0.15) is 37.0 Å². The van der Waals surface area contributed by atoms with Gasteiger partial charge in [-0.15, -0.1) is 0 Å². The number of nitrogens with zero attached hydrogens (tertiary/aromatic N) is 1. The lowest BCUT2D eigenvalue weighted by molar-refractivity contribution is 0.222. The molecular weight excluding hydrogens is 270 g/mol. The first-order valence-corrected chi connectivity index (χ1v) is 8.73. The van der Waals surface area contributed by atoms with E-state index in [0.29, 0.717) is 29.8 Å². The molecule has 0 bridgehead atoms. The fourth-order valence-electron chi connectivity index (χ4n) is 3.15. The zero-order valence-corrected chi connectivity index (χ0v) is 13.9. The molecule has 0 aliphatic carbocycles. The molecule has 2 rings (SSSR count). The van der Waals surface area contributed by atoms with Gasteiger partial charge in [0.15, 0.2) is 0 Å². The van der Waals surface area contributed by atoms with Gasteiger partial charge < -0.3 is 0 Å². The second-order valence-electron chi connectivity index (χ2n) is 6.47. The molecule has 1 aromatic rings. The van der Waals surface area contributed by atoms with E-state index in [1.165, 1.54) is 0 Å². The van der Waals surface area contributed by atoms with Gasteiger partial charge in [-0.25, -0.2) is 8.42 Å². The zero-order valence-electron chi connectivity index (χ0n) is 13.1. The van der Waals surface area contributed by atoms with E-state index in [1.807, 2.05) is 32.9 Å². The molecule has 0 saturated carbocycles. The van der Waals surface area contributed by atoms with Crippen molar-refractivity contribution >= 4 is 10.0 Å². The molecule has 112 valence electrons. The van der Waals surface area contributed by atoms with Crippen molar-refractivity contribution in [3.05, 3.63) is 28.8 Å². The number of hydrogen-bond donors (Lipinski definition) is 0. The van der Waals surface area contributed by atoms with E-state index in [9.17, 15) is 8.42 Å². The number of sulfonamides is 1. The van der Waals surface area contributed by atoms with Crippen molar-refractivity contribution in [1.29, 1.82) is 0 Å². The van der Waals surface area contributed by atoms with Gasteiger partial charge in [0.1, 0.15) is 0 Å². The lowest BCUT2D eigenvalue weighted by Crippen LogP contribution is -2.42. The van der Waals surface area contributed by atoms with Gasteiger partial charge in [0.25, 0.3) is 0 Å². The van der Waals surface area contributed by atoms with Crippen LogP contribution in [0.15, 0.2) is 17.0 Å². The maximum atomic E-state index is 12.9. The van der Waals surface area contributed by atoms with Crippen molar-refractivity contribution < 1.29 is 8.42 Å².